The number of hydrogen-bond acceptors (Lipinski definition) is 5. The maximum atomic E-state index is 11.0. The van der Waals surface area contributed by atoms with Crippen molar-refractivity contribution >= 4 is 26.8 Å². The van der Waals surface area contributed by atoms with Crippen LogP contribution in [-0.4, -0.2) is 65.4 Å². The number of aliphatic hydroxyl groups is 2. The zero-order valence-corrected chi connectivity index (χ0v) is 28.3. The summed E-state index contributed by atoms with van der Waals surface area (Å²) in [4.78, 5) is 0. The van der Waals surface area contributed by atoms with Crippen LogP contribution in [0.25, 0.3) is 0 Å². The van der Waals surface area contributed by atoms with Gasteiger partial charge in [0.25, 0.3) is 8.32 Å². The van der Waals surface area contributed by atoms with Crippen molar-refractivity contribution in [2.24, 2.45) is 17.3 Å². The molecule has 228 valence electrons. The summed E-state index contributed by atoms with van der Waals surface area (Å²) in [5, 5.41) is 24.0. The van der Waals surface area contributed by atoms with Crippen molar-refractivity contribution in [2.45, 2.75) is 95.8 Å². The maximum absolute atomic E-state index is 11.0. The molecule has 0 aliphatic heterocycles. The molecule has 0 heterocycles. The third-order valence-corrected chi connectivity index (χ3v) is 16.6. The molecule has 2 N–H and O–H groups in total. The average molecular weight is 599 g/mol. The first-order chi connectivity index (χ1) is 19.4. The van der Waals surface area contributed by atoms with Crippen molar-refractivity contribution < 1.29 is 24.1 Å². The molecule has 2 aromatic rings. The highest BCUT2D eigenvalue weighted by Gasteiger charge is 2.56. The molecule has 0 amide bonds. The molecule has 2 aliphatic rings. The normalized spacial score (nSPS) is 27.4. The van der Waals surface area contributed by atoms with Crippen LogP contribution in [0.3, 0.4) is 0 Å². The summed E-state index contributed by atoms with van der Waals surface area (Å²) in [6.45, 7) is 15.6. The Morgan fingerprint density at radius 2 is 1.49 bits per heavy atom. The van der Waals surface area contributed by atoms with Crippen LogP contribution < -0.4 is 10.4 Å². The maximum Gasteiger partial charge on any atom is 0.261 e. The minimum atomic E-state index is -2.66. The predicted molar refractivity (Wildman–Crippen MR) is 173 cm³/mol. The molecule has 0 aromatic heterocycles. The lowest BCUT2D eigenvalue weighted by atomic mass is 9.53. The van der Waals surface area contributed by atoms with E-state index in [1.54, 1.807) is 0 Å². The molecule has 41 heavy (non-hydrogen) atoms. The van der Waals surface area contributed by atoms with Gasteiger partial charge in [-0.25, -0.2) is 0 Å². The van der Waals surface area contributed by atoms with E-state index in [0.29, 0.717) is 12.5 Å². The lowest BCUT2D eigenvalue weighted by molar-refractivity contribution is -0.174. The molecular formula is C34H54O5Si2. The SMILES string of the molecule is CC(C)(C)[Si](O[C@H]1CC[C@@]2(COCOCC[Si](C)(C)C)[C@@H](CC[C@@H](O)[C@@H]2CO)C1)(c1ccccc1)c1ccccc1. The Hall–Kier alpha value is -1.33. The Morgan fingerprint density at radius 3 is 2.02 bits per heavy atom. The van der Waals surface area contributed by atoms with Gasteiger partial charge in [0.15, 0.2) is 0 Å². The van der Waals surface area contributed by atoms with Gasteiger partial charge in [0.2, 0.25) is 0 Å². The fraction of sp³-hybridized carbons (Fsp3) is 0.647. The Labute approximate surface area is 250 Å². The van der Waals surface area contributed by atoms with E-state index in [9.17, 15) is 10.2 Å². The van der Waals surface area contributed by atoms with Crippen molar-refractivity contribution in [2.75, 3.05) is 26.6 Å². The minimum absolute atomic E-state index is 0.0161. The van der Waals surface area contributed by atoms with Gasteiger partial charge in [-0.3, -0.25) is 0 Å². The molecule has 0 unspecified atom stereocenters. The van der Waals surface area contributed by atoms with Gasteiger partial charge < -0.3 is 24.1 Å². The number of ether oxygens (including phenoxy) is 2. The van der Waals surface area contributed by atoms with E-state index in [0.717, 1.165) is 44.8 Å². The smallest absolute Gasteiger partial charge is 0.261 e. The summed E-state index contributed by atoms with van der Waals surface area (Å²) >= 11 is 0. The molecule has 0 saturated heterocycles. The second kappa shape index (κ2) is 13.5. The van der Waals surface area contributed by atoms with Gasteiger partial charge in [0.05, 0.1) is 12.7 Å². The molecule has 0 radical (unpaired) electrons. The molecule has 2 fully saturated rings. The highest BCUT2D eigenvalue weighted by Crippen LogP contribution is 2.55. The molecule has 4 rings (SSSR count). The van der Waals surface area contributed by atoms with Crippen molar-refractivity contribution in [3.05, 3.63) is 60.7 Å². The van der Waals surface area contributed by atoms with E-state index >= 15 is 0 Å². The van der Waals surface area contributed by atoms with Gasteiger partial charge in [-0.05, 0) is 59.5 Å². The quantitative estimate of drug-likeness (QED) is 0.183. The first-order valence-electron chi connectivity index (χ1n) is 15.7. The van der Waals surface area contributed by atoms with Gasteiger partial charge >= 0.3 is 0 Å². The van der Waals surface area contributed by atoms with E-state index in [2.05, 4.69) is 101 Å². The standard InChI is InChI=1S/C34H54O5Si2/c1-33(2,3)41(29-13-9-7-10-14-29,30-15-11-8-12-16-30)39-28-19-20-34(25-38-26-37-21-22-40(4,5)6)27(23-28)17-18-32(36)31(34)24-35/h7-16,27-28,31-32,35-36H,17-26H2,1-6H3/t27-,28-,31-,32+,34+/m0/s1. The van der Waals surface area contributed by atoms with Crippen LogP contribution in [-0.2, 0) is 13.9 Å². The molecule has 0 bridgehead atoms. The molecule has 5 nitrogen and oxygen atoms in total. The fourth-order valence-corrected chi connectivity index (χ4v) is 13.0. The second-order valence-electron chi connectivity index (χ2n) is 14.7. The molecule has 0 spiro atoms. The van der Waals surface area contributed by atoms with E-state index in [-0.39, 0.29) is 35.9 Å². The van der Waals surface area contributed by atoms with E-state index < -0.39 is 22.5 Å². The van der Waals surface area contributed by atoms with E-state index in [1.807, 2.05) is 0 Å². The largest absolute Gasteiger partial charge is 0.404 e. The van der Waals surface area contributed by atoms with Gasteiger partial charge in [-0.15, -0.1) is 0 Å². The molecule has 2 saturated carbocycles. The van der Waals surface area contributed by atoms with E-state index in [1.165, 1.54) is 10.4 Å². The second-order valence-corrected chi connectivity index (χ2v) is 24.6. The zero-order chi connectivity index (χ0) is 29.7. The number of rotatable bonds is 12. The summed E-state index contributed by atoms with van der Waals surface area (Å²) in [6.07, 6.45) is 3.95. The highest BCUT2D eigenvalue weighted by molar-refractivity contribution is 6.99. The third kappa shape index (κ3) is 7.25. The Kier molecular flexibility index (Phi) is 10.8. The van der Waals surface area contributed by atoms with Crippen LogP contribution in [0.2, 0.25) is 30.7 Å². The summed E-state index contributed by atoms with van der Waals surface area (Å²) in [7, 11) is -3.81. The van der Waals surface area contributed by atoms with Gasteiger partial charge in [0.1, 0.15) is 6.79 Å². The minimum Gasteiger partial charge on any atom is -0.404 e. The first kappa shape index (κ1) is 32.6. The lowest BCUT2D eigenvalue weighted by Gasteiger charge is -2.56. The highest BCUT2D eigenvalue weighted by atomic mass is 28.4. The molecular weight excluding hydrogens is 545 g/mol. The van der Waals surface area contributed by atoms with Gasteiger partial charge in [-0.1, -0.05) is 101 Å². The molecule has 7 heteroatoms. The summed E-state index contributed by atoms with van der Waals surface area (Å²) in [5.74, 6) is 0.138. The fourth-order valence-electron chi connectivity index (χ4n) is 7.53. The number of fused-ring (bicyclic) bond motifs is 1. The summed E-state index contributed by atoms with van der Waals surface area (Å²) < 4.78 is 19.6. The third-order valence-electron chi connectivity index (χ3n) is 9.80. The Morgan fingerprint density at radius 1 is 0.878 bits per heavy atom. The van der Waals surface area contributed by atoms with Crippen LogP contribution in [0.15, 0.2) is 60.7 Å². The monoisotopic (exact) mass is 598 g/mol. The number of hydrogen-bond donors (Lipinski definition) is 2. The van der Waals surface area contributed by atoms with Crippen molar-refractivity contribution in [3.63, 3.8) is 0 Å². The van der Waals surface area contributed by atoms with Crippen molar-refractivity contribution in [1.82, 2.24) is 0 Å². The lowest BCUT2D eigenvalue weighted by Crippen LogP contribution is -2.68. The van der Waals surface area contributed by atoms with Crippen LogP contribution in [0.1, 0.15) is 52.9 Å². The van der Waals surface area contributed by atoms with Crippen molar-refractivity contribution in [1.29, 1.82) is 0 Å². The summed E-state index contributed by atoms with van der Waals surface area (Å²) in [5.41, 5.74) is -0.264. The van der Waals surface area contributed by atoms with Crippen molar-refractivity contribution in [3.8, 4) is 0 Å². The van der Waals surface area contributed by atoms with Crippen LogP contribution in [0, 0.1) is 17.3 Å². The molecule has 2 aliphatic carbocycles. The first-order valence-corrected chi connectivity index (χ1v) is 21.3. The number of aliphatic hydroxyl groups excluding tert-OH is 2. The van der Waals surface area contributed by atoms with Gasteiger partial charge in [-0.2, -0.15) is 0 Å². The Bertz CT molecular complexity index is 1030. The van der Waals surface area contributed by atoms with Crippen LogP contribution in [0.5, 0.6) is 0 Å². The number of benzene rings is 2. The van der Waals surface area contributed by atoms with E-state index in [4.69, 9.17) is 13.9 Å². The van der Waals surface area contributed by atoms with Gasteiger partial charge in [0, 0.05) is 38.7 Å². The predicted octanol–water partition coefficient (Wildman–Crippen LogP) is 5.81. The molecule has 2 aromatic carbocycles. The zero-order valence-electron chi connectivity index (χ0n) is 26.3. The Balaban J connectivity index is 1.57. The van der Waals surface area contributed by atoms with Crippen LogP contribution >= 0.6 is 0 Å². The van der Waals surface area contributed by atoms with Crippen LogP contribution in [0.4, 0.5) is 0 Å². The average Bonchev–Trinajstić information content (AvgIpc) is 2.93. The topological polar surface area (TPSA) is 68.2 Å². The summed E-state index contributed by atoms with van der Waals surface area (Å²) in [6, 6.07) is 22.9. The molecule has 5 atom stereocenters.